The Morgan fingerprint density at radius 2 is 1.45 bits per heavy atom. The van der Waals surface area contributed by atoms with Crippen molar-refractivity contribution in [1.29, 1.82) is 0 Å². The first-order chi connectivity index (χ1) is 9.12. The number of aryl methyl sites for hydroxylation is 2. The van der Waals surface area contributed by atoms with Crippen LogP contribution in [0.4, 0.5) is 0 Å². The van der Waals surface area contributed by atoms with Crippen molar-refractivity contribution in [3.05, 3.63) is 34.8 Å². The molecule has 3 nitrogen and oxygen atoms in total. The summed E-state index contributed by atoms with van der Waals surface area (Å²) < 4.78 is 11.8. The van der Waals surface area contributed by atoms with Crippen LogP contribution < -0.4 is 0 Å². The number of hydrogen-bond donors (Lipinski definition) is 1. The van der Waals surface area contributed by atoms with E-state index in [1.807, 2.05) is 65.7 Å². The summed E-state index contributed by atoms with van der Waals surface area (Å²) >= 11 is 0. The van der Waals surface area contributed by atoms with Gasteiger partial charge in [0.1, 0.15) is 5.75 Å². The van der Waals surface area contributed by atoms with E-state index in [2.05, 4.69) is 0 Å². The Balaban J connectivity index is 2.16. The van der Waals surface area contributed by atoms with Crippen LogP contribution in [0.15, 0.2) is 18.1 Å². The molecule has 1 heterocycles. The summed E-state index contributed by atoms with van der Waals surface area (Å²) in [6, 6.07) is 3.90. The zero-order valence-electron chi connectivity index (χ0n) is 13.2. The predicted octanol–water partition coefficient (Wildman–Crippen LogP) is 3.65. The van der Waals surface area contributed by atoms with Gasteiger partial charge in [-0.05, 0) is 70.4 Å². The van der Waals surface area contributed by atoms with Crippen LogP contribution >= 0.6 is 0 Å². The van der Waals surface area contributed by atoms with Gasteiger partial charge in [-0.3, -0.25) is 0 Å². The smallest absolute Gasteiger partial charge is 0.487 e. The molecule has 108 valence electrons. The summed E-state index contributed by atoms with van der Waals surface area (Å²) in [5, 5.41) is 9.77. The molecule has 1 fully saturated rings. The molecular formula is C16H23BO3. The minimum absolute atomic E-state index is 0.317. The predicted molar refractivity (Wildman–Crippen MR) is 82.7 cm³/mol. The third-order valence-electron chi connectivity index (χ3n) is 4.23. The fourth-order valence-electron chi connectivity index (χ4n) is 2.24. The van der Waals surface area contributed by atoms with Gasteiger partial charge in [0.05, 0.1) is 11.2 Å². The molecule has 0 amide bonds. The van der Waals surface area contributed by atoms with E-state index in [0.717, 1.165) is 16.7 Å². The summed E-state index contributed by atoms with van der Waals surface area (Å²) in [4.78, 5) is 0. The van der Waals surface area contributed by atoms with Crippen molar-refractivity contribution in [3.63, 3.8) is 0 Å². The van der Waals surface area contributed by atoms with Gasteiger partial charge in [-0.2, -0.15) is 0 Å². The Morgan fingerprint density at radius 3 is 1.90 bits per heavy atom. The molecule has 0 aromatic heterocycles. The number of rotatable bonds is 2. The fourth-order valence-corrected chi connectivity index (χ4v) is 2.24. The lowest BCUT2D eigenvalue weighted by Gasteiger charge is -2.32. The molecule has 1 aliphatic heterocycles. The standard InChI is InChI=1S/C16H23BO3/c1-11-9-13(10-12(2)14(11)18)7-8-17-19-15(3,4)16(5,6)20-17/h7-10,18H,1-6H3/b8-7+. The molecule has 20 heavy (non-hydrogen) atoms. The van der Waals surface area contributed by atoms with E-state index in [1.54, 1.807) is 0 Å². The minimum Gasteiger partial charge on any atom is -0.507 e. The summed E-state index contributed by atoms with van der Waals surface area (Å²) in [6.45, 7) is 11.9. The number of benzene rings is 1. The topological polar surface area (TPSA) is 38.7 Å². The van der Waals surface area contributed by atoms with E-state index < -0.39 is 0 Å². The van der Waals surface area contributed by atoms with Gasteiger partial charge in [0.25, 0.3) is 0 Å². The van der Waals surface area contributed by atoms with Gasteiger partial charge in [-0.1, -0.05) is 12.1 Å². The second-order valence-electron chi connectivity index (χ2n) is 6.49. The van der Waals surface area contributed by atoms with Crippen LogP contribution in [0.1, 0.15) is 44.4 Å². The van der Waals surface area contributed by atoms with E-state index in [0.29, 0.717) is 5.75 Å². The second-order valence-corrected chi connectivity index (χ2v) is 6.49. The Hall–Kier alpha value is -1.26. The van der Waals surface area contributed by atoms with Crippen LogP contribution in [0.25, 0.3) is 6.08 Å². The molecule has 1 aromatic carbocycles. The number of phenols is 1. The molecule has 1 aromatic rings. The van der Waals surface area contributed by atoms with E-state index in [9.17, 15) is 5.11 Å². The largest absolute Gasteiger partial charge is 0.507 e. The summed E-state index contributed by atoms with van der Waals surface area (Å²) in [7, 11) is -0.339. The molecule has 1 aliphatic rings. The van der Waals surface area contributed by atoms with Gasteiger partial charge in [-0.25, -0.2) is 0 Å². The molecule has 0 bridgehead atoms. The Bertz CT molecular complexity index is 508. The van der Waals surface area contributed by atoms with Crippen LogP contribution in [-0.2, 0) is 9.31 Å². The molecule has 1 saturated heterocycles. The van der Waals surface area contributed by atoms with E-state index in [1.165, 1.54) is 0 Å². The van der Waals surface area contributed by atoms with Crippen LogP contribution in [-0.4, -0.2) is 23.4 Å². The molecule has 1 N–H and O–H groups in total. The third kappa shape index (κ3) is 2.77. The van der Waals surface area contributed by atoms with Crippen molar-refractivity contribution in [2.75, 3.05) is 0 Å². The van der Waals surface area contributed by atoms with Crippen molar-refractivity contribution in [2.45, 2.75) is 52.7 Å². The van der Waals surface area contributed by atoms with Gasteiger partial charge < -0.3 is 14.4 Å². The molecular weight excluding hydrogens is 251 g/mol. The van der Waals surface area contributed by atoms with Gasteiger partial charge in [-0.15, -0.1) is 0 Å². The Labute approximate surface area is 121 Å². The van der Waals surface area contributed by atoms with Gasteiger partial charge >= 0.3 is 7.12 Å². The number of phenolic OH excluding ortho intramolecular Hbond substituents is 1. The SMILES string of the molecule is Cc1cc(/C=C/B2OC(C)(C)C(C)(C)O2)cc(C)c1O. The van der Waals surface area contributed by atoms with Crippen molar-refractivity contribution in [1.82, 2.24) is 0 Å². The minimum atomic E-state index is -0.339. The van der Waals surface area contributed by atoms with E-state index >= 15 is 0 Å². The molecule has 0 spiro atoms. The van der Waals surface area contributed by atoms with Crippen LogP contribution in [0.2, 0.25) is 0 Å². The third-order valence-corrected chi connectivity index (χ3v) is 4.23. The highest BCUT2D eigenvalue weighted by molar-refractivity contribution is 6.52. The van der Waals surface area contributed by atoms with Crippen LogP contribution in [0.5, 0.6) is 5.75 Å². The highest BCUT2D eigenvalue weighted by atomic mass is 16.7. The number of aromatic hydroxyl groups is 1. The van der Waals surface area contributed by atoms with Crippen molar-refractivity contribution in [2.24, 2.45) is 0 Å². The molecule has 0 radical (unpaired) electrons. The first kappa shape index (κ1) is 15.1. The maximum absolute atomic E-state index is 9.77. The fraction of sp³-hybridized carbons (Fsp3) is 0.500. The van der Waals surface area contributed by atoms with Crippen LogP contribution in [0, 0.1) is 13.8 Å². The highest BCUT2D eigenvalue weighted by Gasteiger charge is 2.49. The molecule has 4 heteroatoms. The second kappa shape index (κ2) is 4.94. The summed E-state index contributed by atoms with van der Waals surface area (Å²) in [6.07, 6.45) is 1.97. The molecule has 0 atom stereocenters. The zero-order chi connectivity index (χ0) is 15.1. The zero-order valence-corrected chi connectivity index (χ0v) is 13.2. The number of hydrogen-bond acceptors (Lipinski definition) is 3. The summed E-state index contributed by atoms with van der Waals surface area (Å²) in [5.74, 6) is 2.28. The van der Waals surface area contributed by atoms with Gasteiger partial charge in [0.15, 0.2) is 0 Å². The van der Waals surface area contributed by atoms with Crippen molar-refractivity contribution < 1.29 is 14.4 Å². The monoisotopic (exact) mass is 274 g/mol. The highest BCUT2D eigenvalue weighted by Crippen LogP contribution is 2.37. The average molecular weight is 274 g/mol. The molecule has 2 rings (SSSR count). The lowest BCUT2D eigenvalue weighted by atomic mass is 9.88. The van der Waals surface area contributed by atoms with E-state index in [-0.39, 0.29) is 18.3 Å². The lowest BCUT2D eigenvalue weighted by Crippen LogP contribution is -2.41. The van der Waals surface area contributed by atoms with Crippen molar-refractivity contribution in [3.8, 4) is 5.75 Å². The first-order valence-corrected chi connectivity index (χ1v) is 6.96. The van der Waals surface area contributed by atoms with Crippen LogP contribution in [0.3, 0.4) is 0 Å². The molecule has 0 unspecified atom stereocenters. The maximum atomic E-state index is 9.77. The average Bonchev–Trinajstić information content (AvgIpc) is 2.52. The molecule has 0 saturated carbocycles. The Morgan fingerprint density at radius 1 is 1.00 bits per heavy atom. The van der Waals surface area contributed by atoms with Crippen molar-refractivity contribution >= 4 is 13.2 Å². The quantitative estimate of drug-likeness (QED) is 0.836. The lowest BCUT2D eigenvalue weighted by molar-refractivity contribution is 0.00578. The summed E-state index contributed by atoms with van der Waals surface area (Å²) in [5.41, 5.74) is 2.15. The molecule has 0 aliphatic carbocycles. The normalized spacial score (nSPS) is 20.8. The van der Waals surface area contributed by atoms with Gasteiger partial charge in [0.2, 0.25) is 0 Å². The Kier molecular flexibility index (Phi) is 3.74. The maximum Gasteiger partial charge on any atom is 0.487 e. The van der Waals surface area contributed by atoms with E-state index in [4.69, 9.17) is 9.31 Å². The van der Waals surface area contributed by atoms with Gasteiger partial charge in [0, 0.05) is 0 Å². The first-order valence-electron chi connectivity index (χ1n) is 6.96.